The van der Waals surface area contributed by atoms with Crippen LogP contribution in [0.5, 0.6) is 0 Å². The van der Waals surface area contributed by atoms with Gasteiger partial charge in [0.15, 0.2) is 0 Å². The molecule has 4 nitrogen and oxygen atoms in total. The molecule has 0 saturated heterocycles. The van der Waals surface area contributed by atoms with E-state index < -0.39 is 5.60 Å². The molecule has 0 bridgehead atoms. The van der Waals surface area contributed by atoms with Gasteiger partial charge in [-0.1, -0.05) is 6.92 Å². The lowest BCUT2D eigenvalue weighted by atomic mass is 10.1. The second-order valence-electron chi connectivity index (χ2n) is 5.37. The highest BCUT2D eigenvalue weighted by atomic mass is 32.2. The Morgan fingerprint density at radius 2 is 1.95 bits per heavy atom. The van der Waals surface area contributed by atoms with Gasteiger partial charge in [-0.05, 0) is 51.0 Å². The van der Waals surface area contributed by atoms with Gasteiger partial charge in [-0.15, -0.1) is 11.8 Å². The molecule has 112 valence electrons. The van der Waals surface area contributed by atoms with E-state index in [0.717, 1.165) is 10.6 Å². The van der Waals surface area contributed by atoms with E-state index in [1.807, 2.05) is 43.3 Å². The van der Waals surface area contributed by atoms with Gasteiger partial charge in [0.25, 0.3) is 5.91 Å². The Hall–Kier alpha value is -1.04. The first-order valence-corrected chi connectivity index (χ1v) is 7.71. The van der Waals surface area contributed by atoms with Crippen molar-refractivity contribution < 1.29 is 9.90 Å². The number of rotatable bonds is 7. The first kappa shape index (κ1) is 17.0. The summed E-state index contributed by atoms with van der Waals surface area (Å²) < 4.78 is 0. The van der Waals surface area contributed by atoms with Crippen LogP contribution >= 0.6 is 11.8 Å². The van der Waals surface area contributed by atoms with E-state index in [2.05, 4.69) is 12.2 Å². The number of thioether (sulfide) groups is 1. The molecule has 1 aromatic carbocycles. The van der Waals surface area contributed by atoms with Crippen LogP contribution in [0.1, 0.15) is 24.2 Å². The molecule has 0 heterocycles. The topological polar surface area (TPSA) is 52.6 Å². The SMILES string of the molecule is CCSc1ccc(C(=O)NCC(C)(O)CN(C)C)cc1. The summed E-state index contributed by atoms with van der Waals surface area (Å²) in [7, 11) is 3.78. The summed E-state index contributed by atoms with van der Waals surface area (Å²) in [5, 5.41) is 12.9. The van der Waals surface area contributed by atoms with Crippen LogP contribution in [0, 0.1) is 0 Å². The third-order valence-corrected chi connectivity index (χ3v) is 3.61. The van der Waals surface area contributed by atoms with Crippen molar-refractivity contribution in [1.29, 1.82) is 0 Å². The van der Waals surface area contributed by atoms with Crippen LogP contribution in [-0.4, -0.2) is 54.5 Å². The Bertz CT molecular complexity index is 430. The maximum absolute atomic E-state index is 12.0. The van der Waals surface area contributed by atoms with E-state index in [1.54, 1.807) is 18.7 Å². The van der Waals surface area contributed by atoms with Crippen molar-refractivity contribution >= 4 is 17.7 Å². The molecule has 0 fully saturated rings. The average molecular weight is 296 g/mol. The minimum atomic E-state index is -0.933. The first-order valence-electron chi connectivity index (χ1n) is 6.72. The van der Waals surface area contributed by atoms with Crippen LogP contribution in [-0.2, 0) is 0 Å². The number of aliphatic hydroxyl groups is 1. The monoisotopic (exact) mass is 296 g/mol. The minimum absolute atomic E-state index is 0.155. The molecule has 1 unspecified atom stereocenters. The van der Waals surface area contributed by atoms with Crippen molar-refractivity contribution in [3.63, 3.8) is 0 Å². The molecule has 2 N–H and O–H groups in total. The Morgan fingerprint density at radius 1 is 1.35 bits per heavy atom. The van der Waals surface area contributed by atoms with Gasteiger partial charge in [-0.3, -0.25) is 4.79 Å². The largest absolute Gasteiger partial charge is 0.387 e. The molecule has 1 rings (SSSR count). The van der Waals surface area contributed by atoms with Gasteiger partial charge in [0, 0.05) is 23.5 Å². The summed E-state index contributed by atoms with van der Waals surface area (Å²) in [4.78, 5) is 15.1. The smallest absolute Gasteiger partial charge is 0.251 e. The van der Waals surface area contributed by atoms with Crippen molar-refractivity contribution in [2.75, 3.05) is 32.9 Å². The Morgan fingerprint density at radius 3 is 2.45 bits per heavy atom. The van der Waals surface area contributed by atoms with Crippen LogP contribution in [0.15, 0.2) is 29.2 Å². The summed E-state index contributed by atoms with van der Waals surface area (Å²) in [6.07, 6.45) is 0. The van der Waals surface area contributed by atoms with Crippen molar-refractivity contribution in [3.8, 4) is 0 Å². The fraction of sp³-hybridized carbons (Fsp3) is 0.533. The highest BCUT2D eigenvalue weighted by molar-refractivity contribution is 7.99. The molecule has 1 amide bonds. The predicted molar refractivity (Wildman–Crippen MR) is 84.4 cm³/mol. The Labute approximate surface area is 125 Å². The zero-order chi connectivity index (χ0) is 15.2. The van der Waals surface area contributed by atoms with E-state index in [-0.39, 0.29) is 12.5 Å². The molecule has 0 aliphatic rings. The second kappa shape index (κ2) is 7.67. The molecule has 0 aliphatic carbocycles. The van der Waals surface area contributed by atoms with Crippen molar-refractivity contribution in [2.45, 2.75) is 24.3 Å². The molecular formula is C15H24N2O2S. The van der Waals surface area contributed by atoms with Gasteiger partial charge in [0.1, 0.15) is 0 Å². The fourth-order valence-corrected chi connectivity index (χ4v) is 2.64. The molecule has 0 saturated carbocycles. The molecule has 1 atom stereocenters. The zero-order valence-corrected chi connectivity index (χ0v) is 13.5. The summed E-state index contributed by atoms with van der Waals surface area (Å²) >= 11 is 1.74. The lowest BCUT2D eigenvalue weighted by Crippen LogP contribution is -2.47. The van der Waals surface area contributed by atoms with Crippen molar-refractivity contribution in [1.82, 2.24) is 10.2 Å². The quantitative estimate of drug-likeness (QED) is 0.754. The summed E-state index contributed by atoms with van der Waals surface area (Å²) in [6, 6.07) is 7.52. The predicted octanol–water partition coefficient (Wildman–Crippen LogP) is 1.84. The molecule has 1 aromatic rings. The van der Waals surface area contributed by atoms with Crippen LogP contribution in [0.25, 0.3) is 0 Å². The van der Waals surface area contributed by atoms with Gasteiger partial charge in [0.2, 0.25) is 0 Å². The normalized spacial score (nSPS) is 14.1. The van der Waals surface area contributed by atoms with Crippen LogP contribution in [0.3, 0.4) is 0 Å². The Kier molecular flexibility index (Phi) is 6.52. The summed E-state index contributed by atoms with van der Waals surface area (Å²) in [5.41, 5.74) is -0.317. The van der Waals surface area contributed by atoms with Crippen LogP contribution in [0.4, 0.5) is 0 Å². The number of hydrogen-bond donors (Lipinski definition) is 2. The number of nitrogens with zero attached hydrogens (tertiary/aromatic N) is 1. The standard InChI is InChI=1S/C15H24N2O2S/c1-5-20-13-8-6-12(7-9-13)14(18)16-10-15(2,19)11-17(3)4/h6-9,19H,5,10-11H2,1-4H3,(H,16,18). The lowest BCUT2D eigenvalue weighted by Gasteiger charge is -2.27. The number of nitrogens with one attached hydrogen (secondary N) is 1. The van der Waals surface area contributed by atoms with Crippen LogP contribution in [0.2, 0.25) is 0 Å². The van der Waals surface area contributed by atoms with E-state index in [1.165, 1.54) is 0 Å². The minimum Gasteiger partial charge on any atom is -0.387 e. The van der Waals surface area contributed by atoms with Crippen molar-refractivity contribution in [3.05, 3.63) is 29.8 Å². The van der Waals surface area contributed by atoms with E-state index in [9.17, 15) is 9.90 Å². The highest BCUT2D eigenvalue weighted by Crippen LogP contribution is 2.17. The number of benzene rings is 1. The number of amides is 1. The maximum atomic E-state index is 12.0. The molecule has 20 heavy (non-hydrogen) atoms. The first-order chi connectivity index (χ1) is 9.34. The third-order valence-electron chi connectivity index (χ3n) is 2.71. The van der Waals surface area contributed by atoms with Crippen LogP contribution < -0.4 is 5.32 Å². The fourth-order valence-electron chi connectivity index (χ4n) is 1.98. The third kappa shape index (κ3) is 5.94. The molecule has 0 aromatic heterocycles. The summed E-state index contributed by atoms with van der Waals surface area (Å²) in [5.74, 6) is 0.857. The summed E-state index contributed by atoms with van der Waals surface area (Å²) in [6.45, 7) is 4.54. The maximum Gasteiger partial charge on any atom is 0.251 e. The number of carbonyl (C=O) groups excluding carboxylic acids is 1. The number of likely N-dealkylation sites (N-methyl/N-ethyl adjacent to an activating group) is 1. The van der Waals surface area contributed by atoms with Gasteiger partial charge in [0.05, 0.1) is 5.60 Å². The highest BCUT2D eigenvalue weighted by Gasteiger charge is 2.22. The Balaban J connectivity index is 2.54. The zero-order valence-electron chi connectivity index (χ0n) is 12.6. The van der Waals surface area contributed by atoms with E-state index in [4.69, 9.17) is 0 Å². The van der Waals surface area contributed by atoms with Crippen molar-refractivity contribution in [2.24, 2.45) is 0 Å². The van der Waals surface area contributed by atoms with E-state index in [0.29, 0.717) is 12.1 Å². The molecule has 0 aliphatic heterocycles. The molecular weight excluding hydrogens is 272 g/mol. The van der Waals surface area contributed by atoms with Gasteiger partial charge >= 0.3 is 0 Å². The average Bonchev–Trinajstić information content (AvgIpc) is 2.36. The van der Waals surface area contributed by atoms with Gasteiger partial charge in [-0.25, -0.2) is 0 Å². The van der Waals surface area contributed by atoms with E-state index >= 15 is 0 Å². The number of carbonyl (C=O) groups is 1. The second-order valence-corrected chi connectivity index (χ2v) is 6.71. The van der Waals surface area contributed by atoms with Gasteiger partial charge < -0.3 is 15.3 Å². The lowest BCUT2D eigenvalue weighted by molar-refractivity contribution is 0.0326. The van der Waals surface area contributed by atoms with Gasteiger partial charge in [-0.2, -0.15) is 0 Å². The molecule has 0 radical (unpaired) electrons. The number of hydrogen-bond acceptors (Lipinski definition) is 4. The molecule has 5 heteroatoms. The molecule has 0 spiro atoms.